The molecule has 0 unspecified atom stereocenters. The van der Waals surface area contributed by atoms with Crippen molar-refractivity contribution in [1.29, 1.82) is 0 Å². The molecule has 0 bridgehead atoms. The van der Waals surface area contributed by atoms with Crippen molar-refractivity contribution in [3.8, 4) is 0 Å². The Hall–Kier alpha value is -2.51. The average Bonchev–Trinajstić information content (AvgIpc) is 2.49. The fourth-order valence-corrected chi connectivity index (χ4v) is 2.04. The molecular weight excluding hydrogens is 324 g/mol. The zero-order valence-corrected chi connectivity index (χ0v) is 13.3. The van der Waals surface area contributed by atoms with Gasteiger partial charge in [0.05, 0.1) is 18.9 Å². The number of rotatable bonds is 8. The van der Waals surface area contributed by atoms with E-state index in [2.05, 4.69) is 5.32 Å². The van der Waals surface area contributed by atoms with Gasteiger partial charge >= 0.3 is 11.9 Å². The molecule has 2 N–H and O–H groups in total. The Morgan fingerprint density at radius 2 is 1.96 bits per heavy atom. The quantitative estimate of drug-likeness (QED) is 0.701. The summed E-state index contributed by atoms with van der Waals surface area (Å²) in [4.78, 5) is 34.7. The first-order chi connectivity index (χ1) is 11.2. The standard InChI is InChI=1S/C16H19F2NO5/c1-3-24-16(23)9(2)6-13(15(21)22)19-14(20)7-10-4-5-11(17)8-12(10)18/h4-5,8-9,13H,3,6-7H2,1-2H3,(H,19,20)(H,21,22)/t9-,13+/m1/s1. The summed E-state index contributed by atoms with van der Waals surface area (Å²) in [6.45, 7) is 3.27. The number of benzene rings is 1. The molecule has 8 heteroatoms. The number of carbonyl (C=O) groups is 3. The normalized spacial score (nSPS) is 13.0. The number of esters is 1. The van der Waals surface area contributed by atoms with Crippen molar-refractivity contribution in [2.75, 3.05) is 6.61 Å². The SMILES string of the molecule is CCOC(=O)[C@H](C)C[C@H](NC(=O)Cc1ccc(F)cc1F)C(=O)O. The highest BCUT2D eigenvalue weighted by Crippen LogP contribution is 2.12. The van der Waals surface area contributed by atoms with Crippen LogP contribution in [0, 0.1) is 17.6 Å². The molecule has 0 saturated carbocycles. The van der Waals surface area contributed by atoms with E-state index in [0.29, 0.717) is 6.07 Å². The van der Waals surface area contributed by atoms with Crippen LogP contribution in [0.25, 0.3) is 0 Å². The summed E-state index contributed by atoms with van der Waals surface area (Å²) in [6.07, 6.45) is -0.602. The third-order valence-electron chi connectivity index (χ3n) is 3.28. The zero-order valence-electron chi connectivity index (χ0n) is 13.3. The van der Waals surface area contributed by atoms with Crippen LogP contribution < -0.4 is 5.32 Å². The van der Waals surface area contributed by atoms with Crippen molar-refractivity contribution in [3.63, 3.8) is 0 Å². The van der Waals surface area contributed by atoms with Gasteiger partial charge in [-0.2, -0.15) is 0 Å². The minimum atomic E-state index is -1.32. The average molecular weight is 343 g/mol. The first kappa shape index (κ1) is 19.5. The molecule has 1 amide bonds. The molecule has 0 aliphatic heterocycles. The van der Waals surface area contributed by atoms with Gasteiger partial charge in [-0.15, -0.1) is 0 Å². The molecule has 24 heavy (non-hydrogen) atoms. The summed E-state index contributed by atoms with van der Waals surface area (Å²) in [5.74, 6) is -5.03. The predicted octanol–water partition coefficient (Wildman–Crippen LogP) is 1.67. The van der Waals surface area contributed by atoms with Crippen molar-refractivity contribution in [2.24, 2.45) is 5.92 Å². The molecule has 0 fully saturated rings. The molecule has 0 radical (unpaired) electrons. The van der Waals surface area contributed by atoms with Crippen LogP contribution in [0.3, 0.4) is 0 Å². The number of ether oxygens (including phenoxy) is 1. The van der Waals surface area contributed by atoms with Gasteiger partial charge in [-0.3, -0.25) is 9.59 Å². The third kappa shape index (κ3) is 5.94. The summed E-state index contributed by atoms with van der Waals surface area (Å²) in [6, 6.07) is 1.44. The van der Waals surface area contributed by atoms with E-state index in [-0.39, 0.29) is 18.6 Å². The Labute approximate surface area is 137 Å². The second kappa shape index (κ2) is 8.95. The molecule has 0 heterocycles. The van der Waals surface area contributed by atoms with Crippen molar-refractivity contribution in [1.82, 2.24) is 5.32 Å². The molecule has 0 aromatic heterocycles. The van der Waals surface area contributed by atoms with E-state index in [9.17, 15) is 23.2 Å². The largest absolute Gasteiger partial charge is 0.480 e. The molecule has 0 spiro atoms. The van der Waals surface area contributed by atoms with E-state index in [1.54, 1.807) is 6.92 Å². The number of carbonyl (C=O) groups excluding carboxylic acids is 2. The molecular formula is C16H19F2NO5. The summed E-state index contributed by atoms with van der Waals surface area (Å²) in [5.41, 5.74) is -0.0588. The van der Waals surface area contributed by atoms with E-state index >= 15 is 0 Å². The van der Waals surface area contributed by atoms with Crippen molar-refractivity contribution in [2.45, 2.75) is 32.7 Å². The lowest BCUT2D eigenvalue weighted by molar-refractivity contribution is -0.149. The van der Waals surface area contributed by atoms with Gasteiger partial charge in [0.2, 0.25) is 5.91 Å². The van der Waals surface area contributed by atoms with Crippen molar-refractivity contribution in [3.05, 3.63) is 35.4 Å². The highest BCUT2D eigenvalue weighted by Gasteiger charge is 2.26. The Kier molecular flexibility index (Phi) is 7.29. The smallest absolute Gasteiger partial charge is 0.326 e. The second-order valence-corrected chi connectivity index (χ2v) is 5.26. The van der Waals surface area contributed by atoms with Gasteiger partial charge in [0, 0.05) is 6.07 Å². The highest BCUT2D eigenvalue weighted by molar-refractivity contribution is 5.85. The zero-order chi connectivity index (χ0) is 18.3. The van der Waals surface area contributed by atoms with Gasteiger partial charge in [-0.05, 0) is 25.0 Å². The van der Waals surface area contributed by atoms with Gasteiger partial charge in [0.1, 0.15) is 17.7 Å². The second-order valence-electron chi connectivity index (χ2n) is 5.26. The first-order valence-corrected chi connectivity index (χ1v) is 7.37. The van der Waals surface area contributed by atoms with Gasteiger partial charge in [-0.25, -0.2) is 13.6 Å². The maximum atomic E-state index is 13.5. The fraction of sp³-hybridized carbons (Fsp3) is 0.438. The summed E-state index contributed by atoms with van der Waals surface area (Å²) in [7, 11) is 0. The van der Waals surface area contributed by atoms with Gasteiger partial charge in [-0.1, -0.05) is 13.0 Å². The van der Waals surface area contributed by atoms with Gasteiger partial charge in [0.15, 0.2) is 0 Å². The minimum Gasteiger partial charge on any atom is -0.480 e. The number of hydrogen-bond donors (Lipinski definition) is 2. The van der Waals surface area contributed by atoms with Crippen molar-refractivity contribution >= 4 is 17.8 Å². The number of carboxylic acid groups (broad SMARTS) is 1. The van der Waals surface area contributed by atoms with E-state index in [1.807, 2.05) is 0 Å². The Morgan fingerprint density at radius 1 is 1.29 bits per heavy atom. The van der Waals surface area contributed by atoms with E-state index in [0.717, 1.165) is 12.1 Å². The lowest BCUT2D eigenvalue weighted by Crippen LogP contribution is -2.43. The number of carboxylic acids is 1. The number of nitrogens with one attached hydrogen (secondary N) is 1. The number of hydrogen-bond acceptors (Lipinski definition) is 4. The van der Waals surface area contributed by atoms with Crippen LogP contribution in [0.15, 0.2) is 18.2 Å². The summed E-state index contributed by atoms with van der Waals surface area (Å²) in [5, 5.41) is 11.4. The van der Waals surface area contributed by atoms with Crippen LogP contribution in [-0.4, -0.2) is 35.6 Å². The molecule has 2 atom stereocenters. The molecule has 132 valence electrons. The lowest BCUT2D eigenvalue weighted by atomic mass is 10.0. The monoisotopic (exact) mass is 343 g/mol. The molecule has 6 nitrogen and oxygen atoms in total. The van der Waals surface area contributed by atoms with E-state index in [4.69, 9.17) is 9.84 Å². The minimum absolute atomic E-state index is 0.0588. The van der Waals surface area contributed by atoms with Crippen LogP contribution in [0.1, 0.15) is 25.8 Å². The Morgan fingerprint density at radius 3 is 2.50 bits per heavy atom. The van der Waals surface area contributed by atoms with Crippen LogP contribution in [-0.2, 0) is 25.5 Å². The van der Waals surface area contributed by atoms with Crippen LogP contribution >= 0.6 is 0 Å². The van der Waals surface area contributed by atoms with Crippen LogP contribution in [0.2, 0.25) is 0 Å². The summed E-state index contributed by atoms with van der Waals surface area (Å²) >= 11 is 0. The van der Waals surface area contributed by atoms with E-state index < -0.39 is 47.9 Å². The van der Waals surface area contributed by atoms with Crippen LogP contribution in [0.4, 0.5) is 8.78 Å². The maximum absolute atomic E-state index is 13.5. The van der Waals surface area contributed by atoms with E-state index in [1.165, 1.54) is 6.92 Å². The number of aliphatic carboxylic acids is 1. The molecule has 1 aromatic carbocycles. The van der Waals surface area contributed by atoms with Crippen LogP contribution in [0.5, 0.6) is 0 Å². The third-order valence-corrected chi connectivity index (χ3v) is 3.28. The maximum Gasteiger partial charge on any atom is 0.326 e. The number of halogens is 2. The number of amides is 1. The predicted molar refractivity (Wildman–Crippen MR) is 80.0 cm³/mol. The Balaban J connectivity index is 2.69. The molecule has 1 aromatic rings. The topological polar surface area (TPSA) is 92.7 Å². The Bertz CT molecular complexity index is 620. The molecule has 0 aliphatic rings. The van der Waals surface area contributed by atoms with Gasteiger partial charge in [0.25, 0.3) is 0 Å². The lowest BCUT2D eigenvalue weighted by Gasteiger charge is -2.18. The fourth-order valence-electron chi connectivity index (χ4n) is 2.04. The first-order valence-electron chi connectivity index (χ1n) is 7.37. The molecule has 1 rings (SSSR count). The summed E-state index contributed by atoms with van der Waals surface area (Å²) < 4.78 is 31.1. The highest BCUT2D eigenvalue weighted by atomic mass is 19.1. The van der Waals surface area contributed by atoms with Gasteiger partial charge < -0.3 is 15.2 Å². The van der Waals surface area contributed by atoms with Crippen molar-refractivity contribution < 1.29 is 33.0 Å². The molecule has 0 aliphatic carbocycles. The molecule has 0 saturated heterocycles.